The fourth-order valence-corrected chi connectivity index (χ4v) is 1.93. The van der Waals surface area contributed by atoms with Gasteiger partial charge >= 0.3 is 0 Å². The molecule has 0 aromatic heterocycles. The number of unbranched alkanes of at least 4 members (excludes halogenated alkanes) is 1. The highest BCUT2D eigenvalue weighted by molar-refractivity contribution is 5.79. The fourth-order valence-electron chi connectivity index (χ4n) is 1.93. The molecule has 0 aliphatic rings. The van der Waals surface area contributed by atoms with Crippen LogP contribution in [-0.2, 0) is 0 Å². The van der Waals surface area contributed by atoms with Gasteiger partial charge < -0.3 is 0 Å². The van der Waals surface area contributed by atoms with E-state index in [4.69, 9.17) is 0 Å². The molecule has 0 saturated carbocycles. The molecule has 0 aliphatic heterocycles. The van der Waals surface area contributed by atoms with Crippen molar-refractivity contribution in [2.24, 2.45) is 10.9 Å². The zero-order chi connectivity index (χ0) is 13.3. The van der Waals surface area contributed by atoms with Crippen molar-refractivity contribution in [3.63, 3.8) is 0 Å². The Morgan fingerprint density at radius 1 is 1.12 bits per heavy atom. The molecule has 1 nitrogen and oxygen atoms in total. The molecule has 0 saturated heterocycles. The predicted molar refractivity (Wildman–Crippen MR) is 79.6 cm³/mol. The minimum atomic E-state index is 0.742. The summed E-state index contributed by atoms with van der Waals surface area (Å²) in [5.74, 6) is 0.742. The maximum Gasteiger partial charge on any atom is 0.0269 e. The second kappa shape index (κ2) is 9.21. The van der Waals surface area contributed by atoms with E-state index < -0.39 is 0 Å². The van der Waals surface area contributed by atoms with Gasteiger partial charge in [0.1, 0.15) is 0 Å². The molecule has 0 rings (SSSR count). The lowest BCUT2D eigenvalue weighted by Crippen LogP contribution is -2.02. The maximum absolute atomic E-state index is 4.30. The summed E-state index contributed by atoms with van der Waals surface area (Å²) >= 11 is 0. The van der Waals surface area contributed by atoms with Crippen LogP contribution < -0.4 is 0 Å². The highest BCUT2D eigenvalue weighted by atomic mass is 14.7. The summed E-state index contributed by atoms with van der Waals surface area (Å²) in [4.78, 5) is 4.30. The van der Waals surface area contributed by atoms with Crippen LogP contribution in [0.1, 0.15) is 67.2 Å². The van der Waals surface area contributed by atoms with Crippen molar-refractivity contribution >= 4 is 5.71 Å². The van der Waals surface area contributed by atoms with Crippen LogP contribution in [-0.4, -0.2) is 5.71 Å². The zero-order valence-electron chi connectivity index (χ0n) is 12.5. The molecule has 0 aromatic rings. The molecule has 0 N–H and O–H groups in total. The third-order valence-corrected chi connectivity index (χ3v) is 3.29. The van der Waals surface area contributed by atoms with Crippen molar-refractivity contribution < 1.29 is 0 Å². The largest absolute Gasteiger partial charge is 0.266 e. The van der Waals surface area contributed by atoms with Crippen LogP contribution in [0.15, 0.2) is 28.4 Å². The van der Waals surface area contributed by atoms with Crippen LogP contribution in [0.25, 0.3) is 0 Å². The van der Waals surface area contributed by atoms with E-state index in [-0.39, 0.29) is 0 Å². The third kappa shape index (κ3) is 7.14. The quantitative estimate of drug-likeness (QED) is 0.406. The minimum absolute atomic E-state index is 0.742. The van der Waals surface area contributed by atoms with Crippen LogP contribution in [0.5, 0.6) is 0 Å². The van der Waals surface area contributed by atoms with Gasteiger partial charge in [0.05, 0.1) is 0 Å². The number of aliphatic imine (C=N–C) groups is 1. The van der Waals surface area contributed by atoms with Gasteiger partial charge in [0.2, 0.25) is 0 Å². The Balaban J connectivity index is 4.63. The normalized spacial score (nSPS) is 14.7. The molecule has 0 heterocycles. The van der Waals surface area contributed by atoms with E-state index in [9.17, 15) is 0 Å². The molecular formula is C16H29N. The van der Waals surface area contributed by atoms with Gasteiger partial charge in [-0.1, -0.05) is 37.8 Å². The number of allylic oxidation sites excluding steroid dienone is 3. The summed E-state index contributed by atoms with van der Waals surface area (Å²) < 4.78 is 0. The molecule has 1 heteroatoms. The molecule has 1 atom stereocenters. The Kier molecular flexibility index (Phi) is 8.75. The monoisotopic (exact) mass is 235 g/mol. The highest BCUT2D eigenvalue weighted by Gasteiger charge is 2.09. The van der Waals surface area contributed by atoms with E-state index >= 15 is 0 Å². The van der Waals surface area contributed by atoms with Crippen LogP contribution in [0.3, 0.4) is 0 Å². The smallest absolute Gasteiger partial charge is 0.0269 e. The molecule has 0 radical (unpaired) electrons. The van der Waals surface area contributed by atoms with Gasteiger partial charge in [0.25, 0.3) is 0 Å². The summed E-state index contributed by atoms with van der Waals surface area (Å²) in [6.07, 6.45) is 9.24. The second-order valence-corrected chi connectivity index (χ2v) is 5.01. The van der Waals surface area contributed by atoms with Crippen LogP contribution >= 0.6 is 0 Å². The maximum atomic E-state index is 4.30. The van der Waals surface area contributed by atoms with E-state index in [0.29, 0.717) is 0 Å². The van der Waals surface area contributed by atoms with Crippen molar-refractivity contribution in [1.82, 2.24) is 0 Å². The molecule has 98 valence electrons. The van der Waals surface area contributed by atoms with Gasteiger partial charge in [-0.05, 0) is 52.5 Å². The summed E-state index contributed by atoms with van der Waals surface area (Å²) in [6, 6.07) is 0. The van der Waals surface area contributed by atoms with Gasteiger partial charge in [-0.3, -0.25) is 4.99 Å². The number of hydrogen-bond acceptors (Lipinski definition) is 1. The highest BCUT2D eigenvalue weighted by Crippen LogP contribution is 2.24. The van der Waals surface area contributed by atoms with Gasteiger partial charge in [-0.25, -0.2) is 0 Å². The molecule has 0 spiro atoms. The predicted octanol–water partition coefficient (Wildman–Crippen LogP) is 5.53. The molecule has 0 aliphatic carbocycles. The number of hydrogen-bond donors (Lipinski definition) is 0. The van der Waals surface area contributed by atoms with Gasteiger partial charge in [0.15, 0.2) is 0 Å². The summed E-state index contributed by atoms with van der Waals surface area (Å²) in [7, 11) is 0. The molecule has 17 heavy (non-hydrogen) atoms. The van der Waals surface area contributed by atoms with E-state index in [2.05, 4.69) is 38.8 Å². The molecular weight excluding hydrogens is 206 g/mol. The molecule has 0 aromatic carbocycles. The first-order valence-corrected chi connectivity index (χ1v) is 6.87. The van der Waals surface area contributed by atoms with Crippen molar-refractivity contribution in [3.8, 4) is 0 Å². The Morgan fingerprint density at radius 3 is 2.24 bits per heavy atom. The minimum Gasteiger partial charge on any atom is -0.266 e. The molecule has 0 bridgehead atoms. The van der Waals surface area contributed by atoms with Crippen LogP contribution in [0, 0.1) is 5.92 Å². The Hall–Kier alpha value is -0.850. The Labute approximate surface area is 108 Å². The lowest BCUT2D eigenvalue weighted by atomic mass is 9.89. The second-order valence-electron chi connectivity index (χ2n) is 5.01. The van der Waals surface area contributed by atoms with Crippen LogP contribution in [0.4, 0.5) is 0 Å². The van der Waals surface area contributed by atoms with Gasteiger partial charge in [0, 0.05) is 11.9 Å². The van der Waals surface area contributed by atoms with E-state index in [0.717, 1.165) is 11.6 Å². The molecule has 1 unspecified atom stereocenters. The Bertz CT molecular complexity index is 291. The Morgan fingerprint density at radius 2 is 1.76 bits per heavy atom. The first-order valence-electron chi connectivity index (χ1n) is 6.87. The SMILES string of the molecule is CCCCC(CC)/C(C)=C(C)\C=C/N=C(C)C. The van der Waals surface area contributed by atoms with E-state index in [1.807, 2.05) is 20.0 Å². The summed E-state index contributed by atoms with van der Waals surface area (Å²) in [5.41, 5.74) is 4.00. The third-order valence-electron chi connectivity index (χ3n) is 3.29. The number of rotatable bonds is 7. The summed E-state index contributed by atoms with van der Waals surface area (Å²) in [5, 5.41) is 0. The van der Waals surface area contributed by atoms with E-state index in [1.165, 1.54) is 36.8 Å². The van der Waals surface area contributed by atoms with E-state index in [1.54, 1.807) is 0 Å². The first kappa shape index (κ1) is 16.1. The van der Waals surface area contributed by atoms with Gasteiger partial charge in [-0.15, -0.1) is 0 Å². The number of nitrogens with zero attached hydrogens (tertiary/aromatic N) is 1. The lowest BCUT2D eigenvalue weighted by molar-refractivity contribution is 0.512. The fraction of sp³-hybridized carbons (Fsp3) is 0.688. The van der Waals surface area contributed by atoms with Crippen molar-refractivity contribution in [2.45, 2.75) is 67.2 Å². The zero-order valence-corrected chi connectivity index (χ0v) is 12.5. The lowest BCUT2D eigenvalue weighted by Gasteiger charge is -2.17. The standard InChI is InChI=1S/C16H29N/c1-7-9-10-16(8-2)15(6)14(5)11-12-17-13(3)4/h11-12,16H,7-10H2,1-6H3/b12-11-,15-14-. The van der Waals surface area contributed by atoms with Crippen molar-refractivity contribution in [2.75, 3.05) is 0 Å². The van der Waals surface area contributed by atoms with Gasteiger partial charge in [-0.2, -0.15) is 0 Å². The van der Waals surface area contributed by atoms with Crippen LogP contribution in [0.2, 0.25) is 0 Å². The topological polar surface area (TPSA) is 12.4 Å². The summed E-state index contributed by atoms with van der Waals surface area (Å²) in [6.45, 7) is 13.1. The average molecular weight is 235 g/mol. The van der Waals surface area contributed by atoms with Crippen molar-refractivity contribution in [1.29, 1.82) is 0 Å². The molecule has 0 fully saturated rings. The first-order chi connectivity index (χ1) is 8.02. The van der Waals surface area contributed by atoms with Crippen molar-refractivity contribution in [3.05, 3.63) is 23.4 Å². The average Bonchev–Trinajstić information content (AvgIpc) is 2.29. The molecule has 0 amide bonds.